The van der Waals surface area contributed by atoms with Crippen LogP contribution in [0.15, 0.2) is 28.7 Å². The average Bonchev–Trinajstić information content (AvgIpc) is 2.79. The second kappa shape index (κ2) is 5.41. The van der Waals surface area contributed by atoms with Crippen LogP contribution in [0.4, 0.5) is 0 Å². The van der Waals surface area contributed by atoms with Crippen LogP contribution in [0.3, 0.4) is 0 Å². The summed E-state index contributed by atoms with van der Waals surface area (Å²) in [6.07, 6.45) is 2.00. The fourth-order valence-corrected chi connectivity index (χ4v) is 2.86. The van der Waals surface area contributed by atoms with E-state index >= 15 is 0 Å². The standard InChI is InChI=1S/C14H19BrN2O/c1-14(8-5-9-16-14)13(18)17(2)10-11-6-3-4-7-12(11)15/h3-4,6-7,16H,5,8-10H2,1-2H3. The number of halogens is 1. The van der Waals surface area contributed by atoms with E-state index in [1.54, 1.807) is 4.90 Å². The summed E-state index contributed by atoms with van der Waals surface area (Å²) >= 11 is 3.52. The predicted molar refractivity (Wildman–Crippen MR) is 76.3 cm³/mol. The molecule has 1 fully saturated rings. The summed E-state index contributed by atoms with van der Waals surface area (Å²) in [5.74, 6) is 0.177. The number of rotatable bonds is 3. The Bertz CT molecular complexity index is 441. The largest absolute Gasteiger partial charge is 0.340 e. The van der Waals surface area contributed by atoms with Gasteiger partial charge >= 0.3 is 0 Å². The lowest BCUT2D eigenvalue weighted by atomic mass is 9.98. The van der Waals surface area contributed by atoms with E-state index in [0.717, 1.165) is 29.4 Å². The fraction of sp³-hybridized carbons (Fsp3) is 0.500. The number of amides is 1. The molecule has 2 rings (SSSR count). The van der Waals surface area contributed by atoms with Gasteiger partial charge in [-0.2, -0.15) is 0 Å². The van der Waals surface area contributed by atoms with Crippen molar-refractivity contribution in [2.75, 3.05) is 13.6 Å². The smallest absolute Gasteiger partial charge is 0.242 e. The lowest BCUT2D eigenvalue weighted by molar-refractivity contribution is -0.136. The molecule has 98 valence electrons. The molecule has 1 heterocycles. The molecule has 0 spiro atoms. The van der Waals surface area contributed by atoms with Crippen LogP contribution < -0.4 is 5.32 Å². The highest BCUT2D eigenvalue weighted by Crippen LogP contribution is 2.23. The van der Waals surface area contributed by atoms with Gasteiger partial charge in [-0.15, -0.1) is 0 Å². The van der Waals surface area contributed by atoms with Crippen molar-refractivity contribution in [3.8, 4) is 0 Å². The van der Waals surface area contributed by atoms with Crippen molar-refractivity contribution in [1.82, 2.24) is 10.2 Å². The molecular weight excluding hydrogens is 292 g/mol. The van der Waals surface area contributed by atoms with Gasteiger partial charge in [0.2, 0.25) is 5.91 Å². The van der Waals surface area contributed by atoms with Crippen LogP contribution in [0, 0.1) is 0 Å². The third kappa shape index (κ3) is 2.75. The molecule has 1 amide bonds. The normalized spacial score (nSPS) is 23.1. The number of nitrogens with one attached hydrogen (secondary N) is 1. The Labute approximate surface area is 117 Å². The first kappa shape index (κ1) is 13.6. The topological polar surface area (TPSA) is 32.3 Å². The molecule has 0 aromatic heterocycles. The minimum Gasteiger partial charge on any atom is -0.340 e. The third-order valence-electron chi connectivity index (χ3n) is 3.55. The molecule has 18 heavy (non-hydrogen) atoms. The zero-order valence-electron chi connectivity index (χ0n) is 10.9. The van der Waals surface area contributed by atoms with Gasteiger partial charge < -0.3 is 10.2 Å². The van der Waals surface area contributed by atoms with Gasteiger partial charge in [-0.05, 0) is 37.9 Å². The van der Waals surface area contributed by atoms with Crippen molar-refractivity contribution >= 4 is 21.8 Å². The number of hydrogen-bond donors (Lipinski definition) is 1. The monoisotopic (exact) mass is 310 g/mol. The summed E-state index contributed by atoms with van der Waals surface area (Å²) in [7, 11) is 1.87. The Balaban J connectivity index is 2.06. The number of likely N-dealkylation sites (N-methyl/N-ethyl adjacent to an activating group) is 1. The van der Waals surface area contributed by atoms with Crippen molar-refractivity contribution in [1.29, 1.82) is 0 Å². The number of hydrogen-bond acceptors (Lipinski definition) is 2. The van der Waals surface area contributed by atoms with Gasteiger partial charge in [0, 0.05) is 18.1 Å². The predicted octanol–water partition coefficient (Wildman–Crippen LogP) is 2.55. The molecule has 4 heteroatoms. The first-order valence-electron chi connectivity index (χ1n) is 6.27. The highest BCUT2D eigenvalue weighted by Gasteiger charge is 2.37. The Kier molecular flexibility index (Phi) is 4.07. The molecular formula is C14H19BrN2O. The lowest BCUT2D eigenvalue weighted by Gasteiger charge is -2.29. The second-order valence-electron chi connectivity index (χ2n) is 5.12. The molecule has 0 aliphatic carbocycles. The first-order valence-corrected chi connectivity index (χ1v) is 7.06. The average molecular weight is 311 g/mol. The quantitative estimate of drug-likeness (QED) is 0.930. The summed E-state index contributed by atoms with van der Waals surface area (Å²) in [4.78, 5) is 14.2. The minimum atomic E-state index is -0.379. The van der Waals surface area contributed by atoms with E-state index in [0.29, 0.717) is 6.54 Å². The molecule has 1 atom stereocenters. The van der Waals surface area contributed by atoms with E-state index in [9.17, 15) is 4.79 Å². The Hall–Kier alpha value is -0.870. The first-order chi connectivity index (χ1) is 8.53. The number of nitrogens with zero attached hydrogens (tertiary/aromatic N) is 1. The minimum absolute atomic E-state index is 0.177. The van der Waals surface area contributed by atoms with Gasteiger partial charge in [-0.1, -0.05) is 34.1 Å². The van der Waals surface area contributed by atoms with Crippen LogP contribution in [0.5, 0.6) is 0 Å². The summed E-state index contributed by atoms with van der Waals surface area (Å²) in [6.45, 7) is 3.57. The number of carbonyl (C=O) groups excluding carboxylic acids is 1. The summed E-state index contributed by atoms with van der Waals surface area (Å²) in [5, 5.41) is 3.31. The molecule has 3 nitrogen and oxygen atoms in total. The van der Waals surface area contributed by atoms with Crippen molar-refractivity contribution in [2.45, 2.75) is 31.8 Å². The third-order valence-corrected chi connectivity index (χ3v) is 4.33. The zero-order valence-corrected chi connectivity index (χ0v) is 12.5. The van der Waals surface area contributed by atoms with E-state index in [1.165, 1.54) is 0 Å². The highest BCUT2D eigenvalue weighted by molar-refractivity contribution is 9.10. The molecule has 0 bridgehead atoms. The summed E-state index contributed by atoms with van der Waals surface area (Å²) < 4.78 is 1.05. The van der Waals surface area contributed by atoms with Gasteiger partial charge in [-0.25, -0.2) is 0 Å². The molecule has 1 aromatic rings. The van der Waals surface area contributed by atoms with Crippen LogP contribution in [-0.4, -0.2) is 29.9 Å². The van der Waals surface area contributed by atoms with Gasteiger partial charge in [0.15, 0.2) is 0 Å². The van der Waals surface area contributed by atoms with Crippen molar-refractivity contribution in [2.24, 2.45) is 0 Å². The lowest BCUT2D eigenvalue weighted by Crippen LogP contribution is -2.51. The fourth-order valence-electron chi connectivity index (χ4n) is 2.45. The molecule has 0 radical (unpaired) electrons. The molecule has 1 aromatic carbocycles. The van der Waals surface area contributed by atoms with Crippen molar-refractivity contribution in [3.05, 3.63) is 34.3 Å². The van der Waals surface area contributed by atoms with Crippen LogP contribution in [0.25, 0.3) is 0 Å². The molecule has 1 aliphatic heterocycles. The van der Waals surface area contributed by atoms with Crippen LogP contribution >= 0.6 is 15.9 Å². The Morgan fingerprint density at radius 3 is 2.83 bits per heavy atom. The van der Waals surface area contributed by atoms with Gasteiger partial charge in [-0.3, -0.25) is 4.79 Å². The maximum Gasteiger partial charge on any atom is 0.242 e. The van der Waals surface area contributed by atoms with Crippen molar-refractivity contribution in [3.63, 3.8) is 0 Å². The van der Waals surface area contributed by atoms with Gasteiger partial charge in [0.25, 0.3) is 0 Å². The van der Waals surface area contributed by atoms with Crippen LogP contribution in [0.1, 0.15) is 25.3 Å². The van der Waals surface area contributed by atoms with Crippen LogP contribution in [0.2, 0.25) is 0 Å². The second-order valence-corrected chi connectivity index (χ2v) is 5.97. The van der Waals surface area contributed by atoms with E-state index in [-0.39, 0.29) is 11.4 Å². The maximum absolute atomic E-state index is 12.4. The molecule has 1 unspecified atom stereocenters. The SMILES string of the molecule is CN(Cc1ccccc1Br)C(=O)C1(C)CCCN1. The zero-order chi connectivity index (χ0) is 13.2. The van der Waals surface area contributed by atoms with E-state index < -0.39 is 0 Å². The van der Waals surface area contributed by atoms with Gasteiger partial charge in [0.05, 0.1) is 5.54 Å². The highest BCUT2D eigenvalue weighted by atomic mass is 79.9. The van der Waals surface area contributed by atoms with E-state index in [4.69, 9.17) is 0 Å². The van der Waals surface area contributed by atoms with Crippen LogP contribution in [-0.2, 0) is 11.3 Å². The molecule has 1 aliphatic rings. The number of carbonyl (C=O) groups is 1. The van der Waals surface area contributed by atoms with E-state index in [1.807, 2.05) is 38.2 Å². The molecule has 1 saturated heterocycles. The Morgan fingerprint density at radius 1 is 1.50 bits per heavy atom. The van der Waals surface area contributed by atoms with Crippen molar-refractivity contribution < 1.29 is 4.79 Å². The van der Waals surface area contributed by atoms with E-state index in [2.05, 4.69) is 21.2 Å². The summed E-state index contributed by atoms with van der Waals surface area (Å²) in [6, 6.07) is 8.02. The molecule has 0 saturated carbocycles. The number of benzene rings is 1. The van der Waals surface area contributed by atoms with Gasteiger partial charge in [0.1, 0.15) is 0 Å². The maximum atomic E-state index is 12.4. The molecule has 1 N–H and O–H groups in total. The Morgan fingerprint density at radius 2 is 2.22 bits per heavy atom. The summed E-state index contributed by atoms with van der Waals surface area (Å²) in [5.41, 5.74) is 0.755.